The molecule has 1 amide bonds. The molecule has 1 saturated heterocycles. The zero-order valence-electron chi connectivity index (χ0n) is 18.2. The summed E-state index contributed by atoms with van der Waals surface area (Å²) in [4.78, 5) is 28.2. The van der Waals surface area contributed by atoms with Crippen LogP contribution in [0.1, 0.15) is 32.3 Å². The fourth-order valence-electron chi connectivity index (χ4n) is 4.15. The molecule has 0 atom stereocenters. The number of nitrogens with zero attached hydrogens (tertiary/aromatic N) is 4. The van der Waals surface area contributed by atoms with Crippen LogP contribution in [0.25, 0.3) is 10.2 Å². The molecular weight excluding hydrogens is 394 g/mol. The maximum atomic E-state index is 12.8. The van der Waals surface area contributed by atoms with Gasteiger partial charge in [-0.3, -0.25) is 9.69 Å². The first kappa shape index (κ1) is 20.8. The third-order valence-corrected chi connectivity index (χ3v) is 6.93. The average molecular weight is 424 g/mol. The fraction of sp³-hybridized carbons (Fsp3) is 0.435. The van der Waals surface area contributed by atoms with E-state index in [9.17, 15) is 4.79 Å². The van der Waals surface area contributed by atoms with Crippen molar-refractivity contribution in [2.45, 2.75) is 27.7 Å². The van der Waals surface area contributed by atoms with Gasteiger partial charge in [0.1, 0.15) is 10.7 Å². The van der Waals surface area contributed by atoms with Crippen LogP contribution in [0.5, 0.6) is 0 Å². The van der Waals surface area contributed by atoms with E-state index >= 15 is 0 Å². The molecule has 3 aromatic rings. The highest BCUT2D eigenvalue weighted by Crippen LogP contribution is 2.31. The van der Waals surface area contributed by atoms with E-state index in [1.807, 2.05) is 20.8 Å². The van der Waals surface area contributed by atoms with Crippen LogP contribution >= 0.6 is 11.3 Å². The van der Waals surface area contributed by atoms with E-state index in [-0.39, 0.29) is 5.91 Å². The first-order valence-corrected chi connectivity index (χ1v) is 11.3. The molecule has 0 unspecified atom stereocenters. The molecule has 0 bridgehead atoms. The van der Waals surface area contributed by atoms with Crippen molar-refractivity contribution in [1.29, 1.82) is 0 Å². The third kappa shape index (κ3) is 4.32. The van der Waals surface area contributed by atoms with Gasteiger partial charge in [0.15, 0.2) is 0 Å². The number of thiophene rings is 1. The molecule has 0 radical (unpaired) electrons. The molecule has 1 aliphatic heterocycles. The van der Waals surface area contributed by atoms with E-state index < -0.39 is 0 Å². The summed E-state index contributed by atoms with van der Waals surface area (Å²) in [6.07, 6.45) is 0. The lowest BCUT2D eigenvalue weighted by Gasteiger charge is -2.36. The predicted octanol–water partition coefficient (Wildman–Crippen LogP) is 3.48. The fourth-order valence-corrected chi connectivity index (χ4v) is 5.35. The summed E-state index contributed by atoms with van der Waals surface area (Å²) in [5.41, 5.74) is 4.52. The van der Waals surface area contributed by atoms with Gasteiger partial charge in [0.2, 0.25) is 0 Å². The van der Waals surface area contributed by atoms with Crippen LogP contribution in [0.3, 0.4) is 0 Å². The van der Waals surface area contributed by atoms with Gasteiger partial charge in [-0.2, -0.15) is 0 Å². The van der Waals surface area contributed by atoms with Crippen molar-refractivity contribution in [1.82, 2.24) is 20.2 Å². The molecule has 0 spiro atoms. The second-order valence-electron chi connectivity index (χ2n) is 8.02. The molecule has 1 aliphatic rings. The number of carbonyl (C=O) groups is 1. The van der Waals surface area contributed by atoms with Gasteiger partial charge in [-0.05, 0) is 51.0 Å². The van der Waals surface area contributed by atoms with Crippen LogP contribution in [0, 0.1) is 27.7 Å². The van der Waals surface area contributed by atoms with Gasteiger partial charge < -0.3 is 10.2 Å². The van der Waals surface area contributed by atoms with Crippen LogP contribution in [0.2, 0.25) is 0 Å². The van der Waals surface area contributed by atoms with E-state index in [0.29, 0.717) is 6.54 Å². The monoisotopic (exact) mass is 423 g/mol. The largest absolute Gasteiger partial charge is 0.369 e. The smallest absolute Gasteiger partial charge is 0.261 e. The molecule has 30 heavy (non-hydrogen) atoms. The average Bonchev–Trinajstić information content (AvgIpc) is 3.05. The zero-order chi connectivity index (χ0) is 21.3. The number of piperazine rings is 1. The molecule has 4 rings (SSSR count). The van der Waals surface area contributed by atoms with Crippen LogP contribution in [-0.4, -0.2) is 60.0 Å². The number of aryl methyl sites for hydroxylation is 4. The summed E-state index contributed by atoms with van der Waals surface area (Å²) in [7, 11) is 0. The van der Waals surface area contributed by atoms with E-state index in [4.69, 9.17) is 0 Å². The molecule has 7 heteroatoms. The van der Waals surface area contributed by atoms with Crippen LogP contribution in [-0.2, 0) is 0 Å². The maximum Gasteiger partial charge on any atom is 0.261 e. The summed E-state index contributed by atoms with van der Waals surface area (Å²) >= 11 is 1.46. The highest BCUT2D eigenvalue weighted by molar-refractivity contribution is 7.20. The summed E-state index contributed by atoms with van der Waals surface area (Å²) in [5.74, 6) is 0.740. The Bertz CT molecular complexity index is 1070. The molecule has 1 N–H and O–H groups in total. The highest BCUT2D eigenvalue weighted by atomic mass is 32.1. The molecule has 1 fully saturated rings. The SMILES string of the molecule is Cc1cccc(N2CCN(CCNC(=O)c3sc4nc(C)nc(C)c4c3C)CC2)c1. The van der Waals surface area contributed by atoms with Crippen LogP contribution in [0.4, 0.5) is 5.69 Å². The standard InChI is InChI=1S/C23H29N5OS/c1-15-6-5-7-19(14-15)28-12-10-27(11-13-28)9-8-24-22(29)21-16(2)20-17(3)25-18(4)26-23(20)30-21/h5-7,14H,8-13H2,1-4H3,(H,24,29). The number of hydrogen-bond acceptors (Lipinski definition) is 6. The molecule has 2 aromatic heterocycles. The Morgan fingerprint density at radius 2 is 1.87 bits per heavy atom. The minimum Gasteiger partial charge on any atom is -0.369 e. The Hall–Kier alpha value is -2.51. The summed E-state index contributed by atoms with van der Waals surface area (Å²) in [6, 6.07) is 8.69. The lowest BCUT2D eigenvalue weighted by atomic mass is 10.1. The molecule has 158 valence electrons. The Morgan fingerprint density at radius 3 is 2.60 bits per heavy atom. The number of carbonyl (C=O) groups excluding carboxylic acids is 1. The predicted molar refractivity (Wildman–Crippen MR) is 124 cm³/mol. The zero-order valence-corrected chi connectivity index (χ0v) is 19.0. The first-order valence-electron chi connectivity index (χ1n) is 10.5. The van der Waals surface area contributed by atoms with Gasteiger partial charge in [0.25, 0.3) is 5.91 Å². The molecule has 3 heterocycles. The second-order valence-corrected chi connectivity index (χ2v) is 9.02. The highest BCUT2D eigenvalue weighted by Gasteiger charge is 2.20. The van der Waals surface area contributed by atoms with Crippen LogP contribution in [0.15, 0.2) is 24.3 Å². The summed E-state index contributed by atoms with van der Waals surface area (Å²) in [5, 5.41) is 4.12. The first-order chi connectivity index (χ1) is 14.4. The minimum absolute atomic E-state index is 0.00838. The minimum atomic E-state index is -0.00838. The van der Waals surface area contributed by atoms with Crippen molar-refractivity contribution in [2.75, 3.05) is 44.2 Å². The second kappa shape index (κ2) is 8.70. The number of fused-ring (bicyclic) bond motifs is 1. The van der Waals surface area contributed by atoms with Crippen molar-refractivity contribution in [2.24, 2.45) is 0 Å². The third-order valence-electron chi connectivity index (χ3n) is 5.74. The van der Waals surface area contributed by atoms with Gasteiger partial charge in [-0.1, -0.05) is 12.1 Å². The number of aromatic nitrogens is 2. The Kier molecular flexibility index (Phi) is 6.01. The Labute approximate surface area is 181 Å². The van der Waals surface area contributed by atoms with E-state index in [1.54, 1.807) is 0 Å². The lowest BCUT2D eigenvalue weighted by Crippen LogP contribution is -2.48. The van der Waals surface area contributed by atoms with Crippen LogP contribution < -0.4 is 10.2 Å². The van der Waals surface area contributed by atoms with Crippen molar-refractivity contribution in [3.63, 3.8) is 0 Å². The number of rotatable bonds is 5. The van der Waals surface area contributed by atoms with Gasteiger partial charge in [-0.15, -0.1) is 11.3 Å². The number of nitrogens with one attached hydrogen (secondary N) is 1. The topological polar surface area (TPSA) is 61.4 Å². The molecule has 0 saturated carbocycles. The molecule has 1 aromatic carbocycles. The normalized spacial score (nSPS) is 15.0. The van der Waals surface area contributed by atoms with E-state index in [1.165, 1.54) is 22.6 Å². The number of amides is 1. The van der Waals surface area contributed by atoms with Crippen molar-refractivity contribution in [3.8, 4) is 0 Å². The van der Waals surface area contributed by atoms with Gasteiger partial charge in [-0.25, -0.2) is 9.97 Å². The Morgan fingerprint density at radius 1 is 1.10 bits per heavy atom. The van der Waals surface area contributed by atoms with Crippen molar-refractivity contribution in [3.05, 3.63) is 51.8 Å². The Balaban J connectivity index is 1.30. The molecule has 6 nitrogen and oxygen atoms in total. The summed E-state index contributed by atoms with van der Waals surface area (Å²) < 4.78 is 0. The van der Waals surface area contributed by atoms with Gasteiger partial charge >= 0.3 is 0 Å². The van der Waals surface area contributed by atoms with Gasteiger partial charge in [0.05, 0.1) is 4.88 Å². The number of hydrogen-bond donors (Lipinski definition) is 1. The number of anilines is 1. The quantitative estimate of drug-likeness (QED) is 0.681. The lowest BCUT2D eigenvalue weighted by molar-refractivity contribution is 0.0951. The van der Waals surface area contributed by atoms with Crippen molar-refractivity contribution >= 4 is 33.1 Å². The molecule has 0 aliphatic carbocycles. The van der Waals surface area contributed by atoms with E-state index in [0.717, 1.165) is 64.9 Å². The van der Waals surface area contributed by atoms with Crippen molar-refractivity contribution < 1.29 is 4.79 Å². The van der Waals surface area contributed by atoms with E-state index in [2.05, 4.69) is 56.3 Å². The number of benzene rings is 1. The summed E-state index contributed by atoms with van der Waals surface area (Å²) in [6.45, 7) is 13.6. The van der Waals surface area contributed by atoms with Gasteiger partial charge in [0, 0.05) is 56.0 Å². The maximum absolute atomic E-state index is 12.8. The molecular formula is C23H29N5OS.